The zero-order valence-electron chi connectivity index (χ0n) is 8.41. The Hall–Kier alpha value is -0.710. The van der Waals surface area contributed by atoms with Gasteiger partial charge in [-0.15, -0.1) is 11.6 Å². The van der Waals surface area contributed by atoms with Crippen LogP contribution in [0.15, 0.2) is 24.3 Å². The minimum atomic E-state index is -2.48. The molecule has 1 aliphatic heterocycles. The maximum absolute atomic E-state index is 12.5. The molecule has 0 radical (unpaired) electrons. The van der Waals surface area contributed by atoms with E-state index < -0.39 is 12.7 Å². The number of rotatable bonds is 3. The summed E-state index contributed by atoms with van der Waals surface area (Å²) in [7, 11) is 0. The van der Waals surface area contributed by atoms with Crippen LogP contribution in [0.3, 0.4) is 0 Å². The van der Waals surface area contributed by atoms with E-state index in [1.54, 1.807) is 12.1 Å². The van der Waals surface area contributed by atoms with Crippen molar-refractivity contribution in [3.8, 4) is 0 Å². The number of hydrogen-bond donors (Lipinski definition) is 0. The van der Waals surface area contributed by atoms with E-state index >= 15 is 0 Å². The highest BCUT2D eigenvalue weighted by Gasteiger charge is 2.27. The highest BCUT2D eigenvalue weighted by atomic mass is 35.5. The van der Waals surface area contributed by atoms with E-state index in [4.69, 9.17) is 21.1 Å². The topological polar surface area (TPSA) is 18.5 Å². The lowest BCUT2D eigenvalue weighted by Gasteiger charge is -2.11. The fourth-order valence-corrected chi connectivity index (χ4v) is 1.71. The lowest BCUT2D eigenvalue weighted by Crippen LogP contribution is -2.10. The maximum Gasteiger partial charge on any atom is 0.263 e. The van der Waals surface area contributed by atoms with Gasteiger partial charge >= 0.3 is 0 Å². The zero-order valence-corrected chi connectivity index (χ0v) is 9.16. The largest absolute Gasteiger partial charge is 0.346 e. The van der Waals surface area contributed by atoms with Crippen LogP contribution in [0.25, 0.3) is 0 Å². The SMILES string of the molecule is FC(F)c1cccc(C2OCC(CCl)O2)c1. The first-order valence-electron chi connectivity index (χ1n) is 4.91. The molecule has 0 saturated carbocycles. The Morgan fingerprint density at radius 2 is 2.25 bits per heavy atom. The Kier molecular flexibility index (Phi) is 3.74. The number of alkyl halides is 3. The molecule has 0 amide bonds. The highest BCUT2D eigenvalue weighted by Crippen LogP contribution is 2.29. The molecule has 0 aliphatic carbocycles. The molecule has 5 heteroatoms. The number of ether oxygens (including phenoxy) is 2. The fourth-order valence-electron chi connectivity index (χ4n) is 1.55. The molecule has 1 aromatic carbocycles. The van der Waals surface area contributed by atoms with Crippen LogP contribution < -0.4 is 0 Å². The highest BCUT2D eigenvalue weighted by molar-refractivity contribution is 6.18. The predicted octanol–water partition coefficient (Wildman–Crippen LogP) is 3.28. The smallest absolute Gasteiger partial charge is 0.263 e. The van der Waals surface area contributed by atoms with Gasteiger partial charge in [0.2, 0.25) is 0 Å². The Bertz CT molecular complexity index is 360. The third-order valence-electron chi connectivity index (χ3n) is 2.36. The second-order valence-corrected chi connectivity index (χ2v) is 3.86. The Morgan fingerprint density at radius 3 is 2.88 bits per heavy atom. The number of hydrogen-bond acceptors (Lipinski definition) is 2. The molecule has 0 aromatic heterocycles. The summed E-state index contributed by atoms with van der Waals surface area (Å²) in [5, 5.41) is 0. The van der Waals surface area contributed by atoms with Crippen molar-refractivity contribution >= 4 is 11.6 Å². The predicted molar refractivity (Wildman–Crippen MR) is 55.7 cm³/mol. The summed E-state index contributed by atoms with van der Waals surface area (Å²) in [4.78, 5) is 0. The van der Waals surface area contributed by atoms with E-state index in [0.717, 1.165) is 0 Å². The van der Waals surface area contributed by atoms with Crippen LogP contribution >= 0.6 is 11.6 Å². The van der Waals surface area contributed by atoms with Crippen LogP contribution in [-0.4, -0.2) is 18.6 Å². The van der Waals surface area contributed by atoms with Crippen molar-refractivity contribution in [1.82, 2.24) is 0 Å². The lowest BCUT2D eigenvalue weighted by molar-refractivity contribution is -0.0568. The first-order chi connectivity index (χ1) is 7.70. The van der Waals surface area contributed by atoms with Gasteiger partial charge < -0.3 is 9.47 Å². The third kappa shape index (κ3) is 2.51. The van der Waals surface area contributed by atoms with Gasteiger partial charge in [0, 0.05) is 11.1 Å². The first kappa shape index (κ1) is 11.8. The van der Waals surface area contributed by atoms with E-state index in [1.165, 1.54) is 12.1 Å². The van der Waals surface area contributed by atoms with Crippen molar-refractivity contribution in [3.63, 3.8) is 0 Å². The summed E-state index contributed by atoms with van der Waals surface area (Å²) in [6, 6.07) is 6.04. The van der Waals surface area contributed by atoms with Gasteiger partial charge in [0.05, 0.1) is 18.6 Å². The molecular formula is C11H11ClF2O2. The molecule has 0 bridgehead atoms. The Morgan fingerprint density at radius 1 is 1.44 bits per heavy atom. The number of benzene rings is 1. The molecule has 1 heterocycles. The van der Waals surface area contributed by atoms with E-state index in [0.29, 0.717) is 18.1 Å². The van der Waals surface area contributed by atoms with Crippen LogP contribution in [0.4, 0.5) is 8.78 Å². The summed E-state index contributed by atoms with van der Waals surface area (Å²) >= 11 is 5.62. The van der Waals surface area contributed by atoms with Gasteiger partial charge in [0.25, 0.3) is 6.43 Å². The van der Waals surface area contributed by atoms with E-state index in [-0.39, 0.29) is 11.7 Å². The fraction of sp³-hybridized carbons (Fsp3) is 0.455. The first-order valence-corrected chi connectivity index (χ1v) is 5.45. The summed E-state index contributed by atoms with van der Waals surface area (Å²) < 4.78 is 35.7. The Labute approximate surface area is 97.1 Å². The Balaban J connectivity index is 2.12. The summed E-state index contributed by atoms with van der Waals surface area (Å²) in [5.74, 6) is 0.338. The van der Waals surface area contributed by atoms with Crippen LogP contribution in [0.5, 0.6) is 0 Å². The zero-order chi connectivity index (χ0) is 11.5. The van der Waals surface area contributed by atoms with Crippen molar-refractivity contribution in [2.75, 3.05) is 12.5 Å². The molecule has 2 nitrogen and oxygen atoms in total. The van der Waals surface area contributed by atoms with Gasteiger partial charge in [-0.2, -0.15) is 0 Å². The van der Waals surface area contributed by atoms with E-state index in [1.807, 2.05) is 0 Å². The van der Waals surface area contributed by atoms with Crippen LogP contribution in [-0.2, 0) is 9.47 Å². The van der Waals surface area contributed by atoms with Gasteiger partial charge in [-0.25, -0.2) is 8.78 Å². The summed E-state index contributed by atoms with van der Waals surface area (Å²) in [6.45, 7) is 0.396. The van der Waals surface area contributed by atoms with Crippen molar-refractivity contribution in [2.24, 2.45) is 0 Å². The molecule has 1 fully saturated rings. The van der Waals surface area contributed by atoms with Crippen molar-refractivity contribution in [1.29, 1.82) is 0 Å². The number of halogens is 3. The van der Waals surface area contributed by atoms with Crippen molar-refractivity contribution in [3.05, 3.63) is 35.4 Å². The summed E-state index contributed by atoms with van der Waals surface area (Å²) in [5.41, 5.74) is 0.574. The average molecular weight is 249 g/mol. The molecule has 1 aromatic rings. The van der Waals surface area contributed by atoms with E-state index in [9.17, 15) is 8.78 Å². The van der Waals surface area contributed by atoms with Crippen LogP contribution in [0.2, 0.25) is 0 Å². The quantitative estimate of drug-likeness (QED) is 0.765. The van der Waals surface area contributed by atoms with E-state index in [2.05, 4.69) is 0 Å². The van der Waals surface area contributed by atoms with Gasteiger partial charge in [-0.1, -0.05) is 18.2 Å². The van der Waals surface area contributed by atoms with Crippen molar-refractivity contribution in [2.45, 2.75) is 18.8 Å². The third-order valence-corrected chi connectivity index (χ3v) is 2.70. The molecule has 0 N–H and O–H groups in total. The molecule has 88 valence electrons. The molecule has 0 spiro atoms. The van der Waals surface area contributed by atoms with Crippen molar-refractivity contribution < 1.29 is 18.3 Å². The molecule has 1 saturated heterocycles. The lowest BCUT2D eigenvalue weighted by atomic mass is 10.1. The minimum Gasteiger partial charge on any atom is -0.346 e. The normalized spacial score (nSPS) is 25.2. The molecule has 1 aliphatic rings. The second-order valence-electron chi connectivity index (χ2n) is 3.55. The van der Waals surface area contributed by atoms with Gasteiger partial charge in [-0.05, 0) is 6.07 Å². The maximum atomic E-state index is 12.5. The van der Waals surface area contributed by atoms with Gasteiger partial charge in [0.15, 0.2) is 6.29 Å². The molecule has 2 rings (SSSR count). The van der Waals surface area contributed by atoms with Crippen LogP contribution in [0.1, 0.15) is 23.8 Å². The summed E-state index contributed by atoms with van der Waals surface area (Å²) in [6.07, 6.45) is -3.23. The molecule has 16 heavy (non-hydrogen) atoms. The van der Waals surface area contributed by atoms with Gasteiger partial charge in [0.1, 0.15) is 0 Å². The molecule has 2 atom stereocenters. The average Bonchev–Trinajstić information content (AvgIpc) is 2.77. The van der Waals surface area contributed by atoms with Gasteiger partial charge in [-0.3, -0.25) is 0 Å². The molecular weight excluding hydrogens is 238 g/mol. The van der Waals surface area contributed by atoms with Crippen LogP contribution in [0, 0.1) is 0 Å². The molecule has 2 unspecified atom stereocenters. The second kappa shape index (κ2) is 5.08. The monoisotopic (exact) mass is 248 g/mol. The minimum absolute atomic E-state index is 0.0287. The standard InChI is InChI=1S/C11H11ClF2O2/c12-5-9-6-15-11(16-9)8-3-1-2-7(4-8)10(13)14/h1-4,9-11H,5-6H2.